The summed E-state index contributed by atoms with van der Waals surface area (Å²) in [6.07, 6.45) is 3.46. The third-order valence-electron chi connectivity index (χ3n) is 3.84. The molecule has 1 fully saturated rings. The van der Waals surface area contributed by atoms with E-state index in [-0.39, 0.29) is 12.1 Å². The summed E-state index contributed by atoms with van der Waals surface area (Å²) in [5.74, 6) is 1.87. The number of carbonyl (C=O) groups is 1. The van der Waals surface area contributed by atoms with Crippen molar-refractivity contribution in [2.75, 3.05) is 18.1 Å². The quantitative estimate of drug-likeness (QED) is 0.920. The standard InChI is InChI=1S/C17H18ClN3OS/c18-15-3-1-14(2-4-15)16-12-23-10-9-21(16)17(22)20-11-13-5-7-19-8-6-13/h1-8,16H,9-12H2,(H,20,22)/t16-/m0/s1. The first-order valence-electron chi connectivity index (χ1n) is 7.50. The van der Waals surface area contributed by atoms with Gasteiger partial charge in [0.1, 0.15) is 0 Å². The van der Waals surface area contributed by atoms with E-state index in [0.717, 1.165) is 29.2 Å². The average molecular weight is 348 g/mol. The molecule has 1 aromatic carbocycles. The third kappa shape index (κ3) is 4.18. The Bertz CT molecular complexity index is 651. The van der Waals surface area contributed by atoms with Crippen LogP contribution in [0.25, 0.3) is 0 Å². The van der Waals surface area contributed by atoms with Crippen molar-refractivity contribution < 1.29 is 4.79 Å². The predicted octanol–water partition coefficient (Wildman–Crippen LogP) is 3.73. The van der Waals surface area contributed by atoms with E-state index in [0.29, 0.717) is 11.6 Å². The third-order valence-corrected chi connectivity index (χ3v) is 5.11. The molecule has 1 aliphatic rings. The molecule has 0 bridgehead atoms. The van der Waals surface area contributed by atoms with Crippen molar-refractivity contribution in [3.05, 3.63) is 64.9 Å². The highest BCUT2D eigenvalue weighted by Gasteiger charge is 2.28. The molecular formula is C17H18ClN3OS. The number of thioether (sulfide) groups is 1. The summed E-state index contributed by atoms with van der Waals surface area (Å²) < 4.78 is 0. The highest BCUT2D eigenvalue weighted by Crippen LogP contribution is 2.30. The molecule has 120 valence electrons. The zero-order chi connectivity index (χ0) is 16.1. The summed E-state index contributed by atoms with van der Waals surface area (Å²) in [5, 5.41) is 3.72. The Morgan fingerprint density at radius 2 is 2.00 bits per heavy atom. The molecule has 3 rings (SSSR count). The average Bonchev–Trinajstić information content (AvgIpc) is 2.61. The summed E-state index contributed by atoms with van der Waals surface area (Å²) in [4.78, 5) is 18.5. The van der Waals surface area contributed by atoms with Gasteiger partial charge in [0.15, 0.2) is 0 Å². The van der Waals surface area contributed by atoms with Crippen LogP contribution in [0.1, 0.15) is 17.2 Å². The van der Waals surface area contributed by atoms with E-state index in [4.69, 9.17) is 11.6 Å². The molecular weight excluding hydrogens is 330 g/mol. The highest BCUT2D eigenvalue weighted by molar-refractivity contribution is 7.99. The zero-order valence-electron chi connectivity index (χ0n) is 12.6. The second-order valence-electron chi connectivity index (χ2n) is 5.35. The first kappa shape index (κ1) is 16.1. The monoisotopic (exact) mass is 347 g/mol. The van der Waals surface area contributed by atoms with Gasteiger partial charge >= 0.3 is 6.03 Å². The largest absolute Gasteiger partial charge is 0.334 e. The van der Waals surface area contributed by atoms with Gasteiger partial charge < -0.3 is 10.2 Å². The number of rotatable bonds is 3. The van der Waals surface area contributed by atoms with E-state index in [9.17, 15) is 4.79 Å². The van der Waals surface area contributed by atoms with Crippen LogP contribution in [-0.4, -0.2) is 34.0 Å². The maximum Gasteiger partial charge on any atom is 0.318 e. The fourth-order valence-corrected chi connectivity index (χ4v) is 3.80. The molecule has 1 atom stereocenters. The predicted molar refractivity (Wildman–Crippen MR) is 94.7 cm³/mol. The fraction of sp³-hybridized carbons (Fsp3) is 0.294. The molecule has 1 N–H and O–H groups in total. The van der Waals surface area contributed by atoms with Crippen LogP contribution in [0, 0.1) is 0 Å². The second kappa shape index (κ2) is 7.70. The van der Waals surface area contributed by atoms with Crippen LogP contribution in [0.2, 0.25) is 5.02 Å². The number of nitrogens with zero attached hydrogens (tertiary/aromatic N) is 2. The number of halogens is 1. The smallest absolute Gasteiger partial charge is 0.318 e. The van der Waals surface area contributed by atoms with Crippen LogP contribution >= 0.6 is 23.4 Å². The normalized spacial score (nSPS) is 17.8. The number of hydrogen-bond acceptors (Lipinski definition) is 3. The maximum atomic E-state index is 12.6. The molecule has 6 heteroatoms. The molecule has 4 nitrogen and oxygen atoms in total. The van der Waals surface area contributed by atoms with Gasteiger partial charge in [0.2, 0.25) is 0 Å². The Hall–Kier alpha value is -1.72. The summed E-state index contributed by atoms with van der Waals surface area (Å²) in [7, 11) is 0. The molecule has 1 aromatic heterocycles. The van der Waals surface area contributed by atoms with Crippen molar-refractivity contribution in [1.29, 1.82) is 0 Å². The van der Waals surface area contributed by atoms with E-state index in [1.807, 2.05) is 53.1 Å². The lowest BCUT2D eigenvalue weighted by Crippen LogP contribution is -2.46. The van der Waals surface area contributed by atoms with Gasteiger partial charge in [-0.2, -0.15) is 11.8 Å². The summed E-state index contributed by atoms with van der Waals surface area (Å²) >= 11 is 7.84. The van der Waals surface area contributed by atoms with Crippen LogP contribution in [0.4, 0.5) is 4.79 Å². The highest BCUT2D eigenvalue weighted by atomic mass is 35.5. The van der Waals surface area contributed by atoms with Crippen molar-refractivity contribution >= 4 is 29.4 Å². The summed E-state index contributed by atoms with van der Waals surface area (Å²) in [5.41, 5.74) is 2.17. The maximum absolute atomic E-state index is 12.6. The zero-order valence-corrected chi connectivity index (χ0v) is 14.2. The number of amides is 2. The number of hydrogen-bond donors (Lipinski definition) is 1. The Balaban J connectivity index is 1.68. The van der Waals surface area contributed by atoms with Crippen LogP contribution in [0.15, 0.2) is 48.8 Å². The molecule has 2 amide bonds. The van der Waals surface area contributed by atoms with Gasteiger partial charge in [-0.05, 0) is 35.4 Å². The van der Waals surface area contributed by atoms with E-state index < -0.39 is 0 Å². The Labute approximate surface area is 145 Å². The minimum absolute atomic E-state index is 0.0259. The van der Waals surface area contributed by atoms with E-state index in [1.54, 1.807) is 12.4 Å². The lowest BCUT2D eigenvalue weighted by molar-refractivity contribution is 0.182. The molecule has 23 heavy (non-hydrogen) atoms. The first-order chi connectivity index (χ1) is 11.2. The lowest BCUT2D eigenvalue weighted by atomic mass is 10.1. The minimum Gasteiger partial charge on any atom is -0.334 e. The molecule has 1 aliphatic heterocycles. The summed E-state index contributed by atoms with van der Waals surface area (Å²) in [6.45, 7) is 1.26. The van der Waals surface area contributed by atoms with Gasteiger partial charge in [-0.25, -0.2) is 4.79 Å². The Morgan fingerprint density at radius 3 is 2.74 bits per heavy atom. The molecule has 2 aromatic rings. The van der Waals surface area contributed by atoms with E-state index in [1.165, 1.54) is 0 Å². The van der Waals surface area contributed by atoms with E-state index >= 15 is 0 Å². The molecule has 0 spiro atoms. The Kier molecular flexibility index (Phi) is 5.41. The number of benzene rings is 1. The molecule has 0 aliphatic carbocycles. The minimum atomic E-state index is -0.0259. The number of nitrogens with one attached hydrogen (secondary N) is 1. The number of aromatic nitrogens is 1. The molecule has 1 saturated heterocycles. The first-order valence-corrected chi connectivity index (χ1v) is 9.04. The van der Waals surface area contributed by atoms with Crippen molar-refractivity contribution in [2.45, 2.75) is 12.6 Å². The van der Waals surface area contributed by atoms with Gasteiger partial charge in [-0.3, -0.25) is 4.98 Å². The topological polar surface area (TPSA) is 45.2 Å². The van der Waals surface area contributed by atoms with Gasteiger partial charge in [-0.15, -0.1) is 0 Å². The SMILES string of the molecule is O=C(NCc1ccncc1)N1CCSC[C@H]1c1ccc(Cl)cc1. The molecule has 0 radical (unpaired) electrons. The fourth-order valence-electron chi connectivity index (χ4n) is 2.59. The molecule has 0 saturated carbocycles. The van der Waals surface area contributed by atoms with Gasteiger partial charge in [-0.1, -0.05) is 23.7 Å². The van der Waals surface area contributed by atoms with Crippen LogP contribution in [0.3, 0.4) is 0 Å². The molecule has 0 unspecified atom stereocenters. The van der Waals surface area contributed by atoms with Crippen LogP contribution < -0.4 is 5.32 Å². The van der Waals surface area contributed by atoms with Crippen molar-refractivity contribution in [2.24, 2.45) is 0 Å². The van der Waals surface area contributed by atoms with E-state index in [2.05, 4.69) is 10.3 Å². The summed E-state index contributed by atoms with van der Waals surface area (Å²) in [6, 6.07) is 11.6. The van der Waals surface area contributed by atoms with Crippen molar-refractivity contribution in [1.82, 2.24) is 15.2 Å². The van der Waals surface area contributed by atoms with Crippen LogP contribution in [-0.2, 0) is 6.54 Å². The number of urea groups is 1. The van der Waals surface area contributed by atoms with Gasteiger partial charge in [0.25, 0.3) is 0 Å². The molecule has 2 heterocycles. The van der Waals surface area contributed by atoms with Crippen molar-refractivity contribution in [3.8, 4) is 0 Å². The van der Waals surface area contributed by atoms with Crippen molar-refractivity contribution in [3.63, 3.8) is 0 Å². The second-order valence-corrected chi connectivity index (χ2v) is 6.94. The number of carbonyl (C=O) groups excluding carboxylic acids is 1. The number of pyridine rings is 1. The van der Waals surface area contributed by atoms with Gasteiger partial charge in [0.05, 0.1) is 6.04 Å². The lowest BCUT2D eigenvalue weighted by Gasteiger charge is -2.35. The van der Waals surface area contributed by atoms with Gasteiger partial charge in [0, 0.05) is 42.0 Å². The Morgan fingerprint density at radius 1 is 1.26 bits per heavy atom. The van der Waals surface area contributed by atoms with Crippen LogP contribution in [0.5, 0.6) is 0 Å².